The Balaban J connectivity index is 1.29. The Morgan fingerprint density at radius 3 is 2.71 bits per heavy atom. The zero-order chi connectivity index (χ0) is 19.5. The number of para-hydroxylation sites is 1. The summed E-state index contributed by atoms with van der Waals surface area (Å²) in [5, 5.41) is 5.93. The first-order chi connectivity index (χ1) is 13.6. The van der Waals surface area contributed by atoms with Crippen molar-refractivity contribution in [2.75, 3.05) is 32.8 Å². The molecular weight excluding hydrogens is 376 g/mol. The van der Waals surface area contributed by atoms with Crippen LogP contribution >= 0.6 is 11.3 Å². The molecule has 0 saturated carbocycles. The SMILES string of the molecule is Cc1csc(CC(=O)N2CCN(C(=O)N[C@@H]3CCOc4ccccc43)CC2)n1. The van der Waals surface area contributed by atoms with Crippen LogP contribution in [0.2, 0.25) is 0 Å². The van der Waals surface area contributed by atoms with Gasteiger partial charge in [-0.05, 0) is 13.0 Å². The van der Waals surface area contributed by atoms with E-state index in [2.05, 4.69) is 10.3 Å². The summed E-state index contributed by atoms with van der Waals surface area (Å²) >= 11 is 1.52. The van der Waals surface area contributed by atoms with E-state index < -0.39 is 0 Å². The number of piperazine rings is 1. The zero-order valence-electron chi connectivity index (χ0n) is 15.9. The maximum atomic E-state index is 12.7. The van der Waals surface area contributed by atoms with E-state index in [0.29, 0.717) is 39.2 Å². The lowest BCUT2D eigenvalue weighted by atomic mass is 10.0. The molecule has 148 valence electrons. The third-order valence-electron chi connectivity index (χ3n) is 5.14. The van der Waals surface area contributed by atoms with Gasteiger partial charge in [-0.2, -0.15) is 0 Å². The van der Waals surface area contributed by atoms with Gasteiger partial charge >= 0.3 is 6.03 Å². The molecular formula is C20H24N4O3S. The maximum Gasteiger partial charge on any atom is 0.318 e. The third-order valence-corrected chi connectivity index (χ3v) is 6.11. The van der Waals surface area contributed by atoms with E-state index in [9.17, 15) is 9.59 Å². The minimum absolute atomic E-state index is 0.0368. The summed E-state index contributed by atoms with van der Waals surface area (Å²) in [6, 6.07) is 7.71. The number of urea groups is 1. The van der Waals surface area contributed by atoms with Crippen molar-refractivity contribution in [3.8, 4) is 5.75 Å². The monoisotopic (exact) mass is 400 g/mol. The highest BCUT2D eigenvalue weighted by atomic mass is 32.1. The molecule has 0 bridgehead atoms. The van der Waals surface area contributed by atoms with Crippen LogP contribution in [0, 0.1) is 6.92 Å². The average molecular weight is 401 g/mol. The molecule has 7 nitrogen and oxygen atoms in total. The smallest absolute Gasteiger partial charge is 0.318 e. The van der Waals surface area contributed by atoms with Gasteiger partial charge in [-0.3, -0.25) is 4.79 Å². The van der Waals surface area contributed by atoms with E-state index in [1.54, 1.807) is 4.90 Å². The largest absolute Gasteiger partial charge is 0.493 e. The summed E-state index contributed by atoms with van der Waals surface area (Å²) in [5.41, 5.74) is 1.97. The fourth-order valence-electron chi connectivity index (χ4n) is 3.62. The molecule has 3 amide bonds. The van der Waals surface area contributed by atoms with Gasteiger partial charge in [0.15, 0.2) is 0 Å². The molecule has 0 radical (unpaired) electrons. The number of hydrogen-bond donors (Lipinski definition) is 1. The number of carbonyl (C=O) groups excluding carboxylic acids is 2. The molecule has 1 fully saturated rings. The number of nitrogens with zero attached hydrogens (tertiary/aromatic N) is 3. The standard InChI is InChI=1S/C20H24N4O3S/c1-14-13-28-18(21-14)12-19(25)23-7-9-24(10-8-23)20(26)22-16-6-11-27-17-5-3-2-4-15(16)17/h2-5,13,16H,6-12H2,1H3,(H,22,26)/t16-/m1/s1. The summed E-state index contributed by atoms with van der Waals surface area (Å²) in [6.07, 6.45) is 1.10. The second kappa shape index (κ2) is 8.18. The molecule has 1 aromatic carbocycles. The Bertz CT molecular complexity index is 861. The Hall–Kier alpha value is -2.61. The summed E-state index contributed by atoms with van der Waals surface area (Å²) in [6.45, 7) is 4.72. The quantitative estimate of drug-likeness (QED) is 0.858. The van der Waals surface area contributed by atoms with Crippen molar-refractivity contribution in [1.29, 1.82) is 0 Å². The second-order valence-corrected chi connectivity index (χ2v) is 8.05. The molecule has 0 spiro atoms. The maximum absolute atomic E-state index is 12.7. The average Bonchev–Trinajstić information content (AvgIpc) is 3.13. The molecule has 3 heterocycles. The number of rotatable bonds is 3. The van der Waals surface area contributed by atoms with Crippen LogP contribution in [0.3, 0.4) is 0 Å². The predicted octanol–water partition coefficient (Wildman–Crippen LogP) is 2.37. The highest BCUT2D eigenvalue weighted by Crippen LogP contribution is 2.31. The molecule has 1 atom stereocenters. The van der Waals surface area contributed by atoms with Crippen molar-refractivity contribution in [3.05, 3.63) is 45.9 Å². The number of thiazole rings is 1. The molecule has 1 aromatic heterocycles. The van der Waals surface area contributed by atoms with Crippen molar-refractivity contribution in [3.63, 3.8) is 0 Å². The highest BCUT2D eigenvalue weighted by molar-refractivity contribution is 7.09. The van der Waals surface area contributed by atoms with Crippen LogP contribution in [0.4, 0.5) is 4.79 Å². The van der Waals surface area contributed by atoms with Gasteiger partial charge in [0.1, 0.15) is 10.8 Å². The molecule has 4 rings (SSSR count). The van der Waals surface area contributed by atoms with Gasteiger partial charge in [0.05, 0.1) is 19.1 Å². The summed E-state index contributed by atoms with van der Waals surface area (Å²) in [7, 11) is 0. The van der Waals surface area contributed by atoms with Crippen molar-refractivity contribution < 1.29 is 14.3 Å². The molecule has 1 saturated heterocycles. The molecule has 1 N–H and O–H groups in total. The molecule has 8 heteroatoms. The number of aryl methyl sites for hydroxylation is 1. The van der Waals surface area contributed by atoms with E-state index in [-0.39, 0.29) is 18.0 Å². The predicted molar refractivity (Wildman–Crippen MR) is 107 cm³/mol. The molecule has 0 unspecified atom stereocenters. The van der Waals surface area contributed by atoms with E-state index in [1.807, 2.05) is 41.5 Å². The lowest BCUT2D eigenvalue weighted by Crippen LogP contribution is -2.54. The van der Waals surface area contributed by atoms with E-state index in [4.69, 9.17) is 4.74 Å². The Labute approximate surface area is 168 Å². The van der Waals surface area contributed by atoms with Crippen LogP contribution in [-0.4, -0.2) is 59.5 Å². The van der Waals surface area contributed by atoms with E-state index in [0.717, 1.165) is 28.4 Å². The number of benzene rings is 1. The fraction of sp³-hybridized carbons (Fsp3) is 0.450. The summed E-state index contributed by atoms with van der Waals surface area (Å²) < 4.78 is 5.66. The number of ether oxygens (including phenoxy) is 1. The first-order valence-electron chi connectivity index (χ1n) is 9.56. The highest BCUT2D eigenvalue weighted by Gasteiger charge is 2.28. The van der Waals surface area contributed by atoms with Gasteiger partial charge in [-0.25, -0.2) is 9.78 Å². The minimum atomic E-state index is -0.0793. The number of carbonyl (C=O) groups is 2. The second-order valence-electron chi connectivity index (χ2n) is 7.10. The van der Waals surface area contributed by atoms with Gasteiger partial charge in [0.2, 0.25) is 5.91 Å². The fourth-order valence-corrected chi connectivity index (χ4v) is 4.38. The van der Waals surface area contributed by atoms with Crippen LogP contribution in [0.5, 0.6) is 5.75 Å². The van der Waals surface area contributed by atoms with Gasteiger partial charge in [-0.15, -0.1) is 11.3 Å². The Morgan fingerprint density at radius 2 is 1.96 bits per heavy atom. The molecule has 2 aliphatic rings. The number of amides is 3. The lowest BCUT2D eigenvalue weighted by Gasteiger charge is -2.36. The first kappa shape index (κ1) is 18.7. The normalized spacial score (nSPS) is 19.0. The third kappa shape index (κ3) is 4.11. The van der Waals surface area contributed by atoms with Gasteiger partial charge < -0.3 is 19.9 Å². The molecule has 28 heavy (non-hydrogen) atoms. The van der Waals surface area contributed by atoms with Crippen LogP contribution in [-0.2, 0) is 11.2 Å². The number of aromatic nitrogens is 1. The number of hydrogen-bond acceptors (Lipinski definition) is 5. The number of fused-ring (bicyclic) bond motifs is 1. The molecule has 2 aromatic rings. The van der Waals surface area contributed by atoms with Gasteiger partial charge in [0, 0.05) is 49.2 Å². The van der Waals surface area contributed by atoms with Crippen molar-refractivity contribution in [2.45, 2.75) is 25.8 Å². The van der Waals surface area contributed by atoms with Crippen LogP contribution in [0.25, 0.3) is 0 Å². The van der Waals surface area contributed by atoms with E-state index in [1.165, 1.54) is 11.3 Å². The van der Waals surface area contributed by atoms with Crippen molar-refractivity contribution >= 4 is 23.3 Å². The van der Waals surface area contributed by atoms with Crippen LogP contribution in [0.1, 0.15) is 28.7 Å². The molecule has 2 aliphatic heterocycles. The van der Waals surface area contributed by atoms with Crippen LogP contribution < -0.4 is 10.1 Å². The summed E-state index contributed by atoms with van der Waals surface area (Å²) in [4.78, 5) is 33.1. The minimum Gasteiger partial charge on any atom is -0.493 e. The Kier molecular flexibility index (Phi) is 5.47. The first-order valence-corrected chi connectivity index (χ1v) is 10.4. The Morgan fingerprint density at radius 1 is 1.21 bits per heavy atom. The number of nitrogens with one attached hydrogen (secondary N) is 1. The van der Waals surface area contributed by atoms with Crippen LogP contribution in [0.15, 0.2) is 29.6 Å². The van der Waals surface area contributed by atoms with Crippen molar-refractivity contribution in [1.82, 2.24) is 20.1 Å². The van der Waals surface area contributed by atoms with Gasteiger partial charge in [-0.1, -0.05) is 18.2 Å². The lowest BCUT2D eigenvalue weighted by molar-refractivity contribution is -0.131. The molecule has 0 aliphatic carbocycles. The van der Waals surface area contributed by atoms with E-state index >= 15 is 0 Å². The van der Waals surface area contributed by atoms with Crippen molar-refractivity contribution in [2.24, 2.45) is 0 Å². The van der Waals surface area contributed by atoms with Gasteiger partial charge in [0.25, 0.3) is 0 Å². The summed E-state index contributed by atoms with van der Waals surface area (Å²) in [5.74, 6) is 0.916. The topological polar surface area (TPSA) is 74.8 Å². The zero-order valence-corrected chi connectivity index (χ0v) is 16.7.